The number of benzene rings is 1. The van der Waals surface area contributed by atoms with Crippen LogP contribution in [0.5, 0.6) is 0 Å². The van der Waals surface area contributed by atoms with Crippen molar-refractivity contribution in [3.05, 3.63) is 40.4 Å². The van der Waals surface area contributed by atoms with E-state index < -0.39 is 5.97 Å². The van der Waals surface area contributed by atoms with E-state index in [4.69, 9.17) is 16.7 Å². The van der Waals surface area contributed by atoms with Gasteiger partial charge in [0.1, 0.15) is 4.91 Å². The Morgan fingerprint density at radius 1 is 1.38 bits per heavy atom. The van der Waals surface area contributed by atoms with Crippen molar-refractivity contribution < 1.29 is 9.90 Å². The molecule has 16 heavy (non-hydrogen) atoms. The lowest BCUT2D eigenvalue weighted by Gasteiger charge is -2.08. The Morgan fingerprint density at radius 3 is 2.38 bits per heavy atom. The fourth-order valence-electron chi connectivity index (χ4n) is 0.989. The number of rotatable bonds is 4. The molecule has 0 atom stereocenters. The van der Waals surface area contributed by atoms with Crippen molar-refractivity contribution in [1.82, 2.24) is 4.90 Å². The predicted octanol–water partition coefficient (Wildman–Crippen LogP) is 2.92. The lowest BCUT2D eigenvalue weighted by atomic mass is 10.4. The first-order chi connectivity index (χ1) is 7.49. The molecule has 0 aliphatic carbocycles. The molecule has 1 aromatic rings. The molecule has 5 heteroatoms. The van der Waals surface area contributed by atoms with Crippen LogP contribution in [0.25, 0.3) is 0 Å². The SMILES string of the molecule is CN(C)/C=C(/Sc1ccc(Cl)cc1)C(=O)O. The van der Waals surface area contributed by atoms with E-state index >= 15 is 0 Å². The summed E-state index contributed by atoms with van der Waals surface area (Å²) in [6.45, 7) is 0. The number of carbonyl (C=O) groups is 1. The second-order valence-electron chi connectivity index (χ2n) is 3.32. The van der Waals surface area contributed by atoms with Gasteiger partial charge in [-0.25, -0.2) is 4.79 Å². The van der Waals surface area contributed by atoms with Crippen molar-refractivity contribution in [2.75, 3.05) is 14.1 Å². The van der Waals surface area contributed by atoms with E-state index in [0.29, 0.717) is 5.02 Å². The Balaban J connectivity index is 2.84. The molecular weight excluding hydrogens is 246 g/mol. The van der Waals surface area contributed by atoms with E-state index in [1.165, 1.54) is 11.8 Å². The van der Waals surface area contributed by atoms with Gasteiger partial charge in [-0.1, -0.05) is 23.4 Å². The third-order valence-corrected chi connectivity index (χ3v) is 2.89. The van der Waals surface area contributed by atoms with Crippen molar-refractivity contribution in [1.29, 1.82) is 0 Å². The first-order valence-corrected chi connectivity index (χ1v) is 5.73. The Labute approximate surface area is 104 Å². The molecule has 1 N–H and O–H groups in total. The highest BCUT2D eigenvalue weighted by molar-refractivity contribution is 8.04. The minimum Gasteiger partial charge on any atom is -0.477 e. The molecule has 3 nitrogen and oxygen atoms in total. The van der Waals surface area contributed by atoms with E-state index in [-0.39, 0.29) is 4.91 Å². The number of hydrogen-bond acceptors (Lipinski definition) is 3. The zero-order valence-electron chi connectivity index (χ0n) is 8.98. The predicted molar refractivity (Wildman–Crippen MR) is 66.7 cm³/mol. The molecular formula is C11H12ClNO2S. The lowest BCUT2D eigenvalue weighted by molar-refractivity contribution is -0.131. The third kappa shape index (κ3) is 4.16. The van der Waals surface area contributed by atoms with E-state index in [1.54, 1.807) is 49.5 Å². The minimum atomic E-state index is -0.936. The summed E-state index contributed by atoms with van der Waals surface area (Å²) in [5, 5.41) is 9.63. The van der Waals surface area contributed by atoms with Crippen LogP contribution in [0, 0.1) is 0 Å². The van der Waals surface area contributed by atoms with Crippen molar-refractivity contribution in [2.45, 2.75) is 4.90 Å². The summed E-state index contributed by atoms with van der Waals surface area (Å²) >= 11 is 6.94. The average Bonchev–Trinajstić information content (AvgIpc) is 2.19. The molecule has 0 bridgehead atoms. The summed E-state index contributed by atoms with van der Waals surface area (Å²) in [5.41, 5.74) is 0. The first-order valence-electron chi connectivity index (χ1n) is 4.54. The fraction of sp³-hybridized carbons (Fsp3) is 0.182. The minimum absolute atomic E-state index is 0.271. The van der Waals surface area contributed by atoms with Crippen LogP contribution in [0.4, 0.5) is 0 Å². The zero-order chi connectivity index (χ0) is 12.1. The highest BCUT2D eigenvalue weighted by Gasteiger charge is 2.09. The van der Waals surface area contributed by atoms with Crippen LogP contribution >= 0.6 is 23.4 Å². The molecule has 0 saturated carbocycles. The number of carboxylic acid groups (broad SMARTS) is 1. The molecule has 0 amide bonds. The normalized spacial score (nSPS) is 11.3. The van der Waals surface area contributed by atoms with Gasteiger partial charge in [-0.3, -0.25) is 0 Å². The molecule has 0 aliphatic heterocycles. The molecule has 86 valence electrons. The van der Waals surface area contributed by atoms with E-state index in [9.17, 15) is 4.79 Å². The number of aliphatic carboxylic acids is 1. The van der Waals surface area contributed by atoms with Crippen LogP contribution in [0.3, 0.4) is 0 Å². The van der Waals surface area contributed by atoms with Crippen molar-refractivity contribution in [3.63, 3.8) is 0 Å². The second-order valence-corrected chi connectivity index (χ2v) is 4.87. The van der Waals surface area contributed by atoms with Gasteiger partial charge >= 0.3 is 5.97 Å². The summed E-state index contributed by atoms with van der Waals surface area (Å²) in [5.74, 6) is -0.936. The molecule has 0 heterocycles. The van der Waals surface area contributed by atoms with Gasteiger partial charge in [-0.15, -0.1) is 0 Å². The van der Waals surface area contributed by atoms with Gasteiger partial charge in [0.15, 0.2) is 0 Å². The molecule has 0 aliphatic rings. The standard InChI is InChI=1S/C11H12ClNO2S/c1-13(2)7-10(11(14)15)16-9-5-3-8(12)4-6-9/h3-7H,1-2H3,(H,14,15)/b10-7+. The van der Waals surface area contributed by atoms with Gasteiger partial charge in [-0.2, -0.15) is 0 Å². The van der Waals surface area contributed by atoms with Crippen LogP contribution in [0.2, 0.25) is 5.02 Å². The number of nitrogens with zero attached hydrogens (tertiary/aromatic N) is 1. The Bertz CT molecular complexity index is 401. The Kier molecular flexibility index (Phi) is 4.71. The monoisotopic (exact) mass is 257 g/mol. The summed E-state index contributed by atoms with van der Waals surface area (Å²) < 4.78 is 0. The molecule has 1 rings (SSSR count). The van der Waals surface area contributed by atoms with Gasteiger partial charge in [0.2, 0.25) is 0 Å². The Hall–Kier alpha value is -1.13. The highest BCUT2D eigenvalue weighted by Crippen LogP contribution is 2.27. The third-order valence-electron chi connectivity index (χ3n) is 1.63. The van der Waals surface area contributed by atoms with Crippen molar-refractivity contribution in [3.8, 4) is 0 Å². The summed E-state index contributed by atoms with van der Waals surface area (Å²) in [4.78, 5) is 13.8. The maximum Gasteiger partial charge on any atom is 0.344 e. The highest BCUT2D eigenvalue weighted by atomic mass is 35.5. The summed E-state index contributed by atoms with van der Waals surface area (Å²) in [7, 11) is 3.57. The molecule has 0 spiro atoms. The first kappa shape index (κ1) is 12.9. The largest absolute Gasteiger partial charge is 0.477 e. The van der Waals surface area contributed by atoms with E-state index in [1.807, 2.05) is 0 Å². The van der Waals surface area contributed by atoms with Crippen LogP contribution < -0.4 is 0 Å². The van der Waals surface area contributed by atoms with Crippen molar-refractivity contribution in [2.24, 2.45) is 0 Å². The molecule has 0 saturated heterocycles. The quantitative estimate of drug-likeness (QED) is 0.665. The molecule has 1 aromatic carbocycles. The lowest BCUT2D eigenvalue weighted by Crippen LogP contribution is -2.06. The number of thioether (sulfide) groups is 1. The number of halogens is 1. The topological polar surface area (TPSA) is 40.5 Å². The maximum atomic E-state index is 11.0. The van der Waals surface area contributed by atoms with Gasteiger partial charge in [0.05, 0.1) is 0 Å². The summed E-state index contributed by atoms with van der Waals surface area (Å²) in [6, 6.07) is 7.05. The van der Waals surface area contributed by atoms with Gasteiger partial charge in [-0.05, 0) is 24.3 Å². The Morgan fingerprint density at radius 2 is 1.94 bits per heavy atom. The molecule has 0 radical (unpaired) electrons. The number of hydrogen-bond donors (Lipinski definition) is 1. The maximum absolute atomic E-state index is 11.0. The van der Waals surface area contributed by atoms with E-state index in [2.05, 4.69) is 0 Å². The fourth-order valence-corrected chi connectivity index (χ4v) is 1.99. The number of carboxylic acids is 1. The average molecular weight is 258 g/mol. The molecule has 0 fully saturated rings. The van der Waals surface area contributed by atoms with Crippen LogP contribution in [-0.4, -0.2) is 30.1 Å². The van der Waals surface area contributed by atoms with E-state index in [0.717, 1.165) is 4.90 Å². The smallest absolute Gasteiger partial charge is 0.344 e. The molecule has 0 aromatic heterocycles. The van der Waals surface area contributed by atoms with Gasteiger partial charge in [0, 0.05) is 30.2 Å². The van der Waals surface area contributed by atoms with Crippen molar-refractivity contribution >= 4 is 29.3 Å². The second kappa shape index (κ2) is 5.82. The summed E-state index contributed by atoms with van der Waals surface area (Å²) in [6.07, 6.45) is 1.57. The van der Waals surface area contributed by atoms with Crippen LogP contribution in [0.15, 0.2) is 40.3 Å². The van der Waals surface area contributed by atoms with Gasteiger partial charge in [0.25, 0.3) is 0 Å². The molecule has 0 unspecified atom stereocenters. The van der Waals surface area contributed by atoms with Crippen LogP contribution in [-0.2, 0) is 4.79 Å². The van der Waals surface area contributed by atoms with Crippen LogP contribution in [0.1, 0.15) is 0 Å². The van der Waals surface area contributed by atoms with Gasteiger partial charge < -0.3 is 10.0 Å². The zero-order valence-corrected chi connectivity index (χ0v) is 10.5.